The van der Waals surface area contributed by atoms with Crippen LogP contribution in [-0.4, -0.2) is 34.6 Å². The lowest BCUT2D eigenvalue weighted by Crippen LogP contribution is -2.57. The van der Waals surface area contributed by atoms with Crippen molar-refractivity contribution >= 4 is 22.4 Å². The molecule has 0 fully saturated rings. The maximum Gasteiger partial charge on any atom is 0.301 e. The molecule has 0 aliphatic heterocycles. The summed E-state index contributed by atoms with van der Waals surface area (Å²) in [6.07, 6.45) is 10.3. The van der Waals surface area contributed by atoms with E-state index in [1.54, 1.807) is 0 Å². The van der Waals surface area contributed by atoms with Gasteiger partial charge in [0.15, 0.2) is 8.32 Å². The Bertz CT molecular complexity index is 899. The zero-order chi connectivity index (χ0) is 27.3. The third-order valence-corrected chi connectivity index (χ3v) is 13.2. The largest absolute Gasteiger partial charge is 0.481 e. The Morgan fingerprint density at radius 1 is 1.20 bits per heavy atom. The van der Waals surface area contributed by atoms with E-state index in [-0.39, 0.29) is 23.0 Å². The average Bonchev–Trinajstić information content (AvgIpc) is 2.64. The van der Waals surface area contributed by atoms with Crippen molar-refractivity contribution in [3.63, 3.8) is 0 Å². The molecule has 35 heavy (non-hydrogen) atoms. The van der Waals surface area contributed by atoms with Crippen LogP contribution in [0.25, 0.3) is 0 Å². The normalized spacial score (nSPS) is 20.8. The van der Waals surface area contributed by atoms with E-state index in [0.717, 1.165) is 30.0 Å². The predicted molar refractivity (Wildman–Crippen MR) is 156 cm³/mol. The molecule has 1 unspecified atom stereocenters. The second kappa shape index (κ2) is 11.6. The Labute approximate surface area is 219 Å². The summed E-state index contributed by atoms with van der Waals surface area (Å²) in [5.74, 6) is 6.89. The molecule has 0 bridgehead atoms. The molecule has 0 N–H and O–H groups in total. The molecule has 0 spiro atoms. The highest BCUT2D eigenvalue weighted by molar-refractivity contribution is 6.76. The number of esters is 1. The number of hydrogen-bond acceptors (Lipinski definition) is 3. The summed E-state index contributed by atoms with van der Waals surface area (Å²) in [5.41, 5.74) is 2.42. The van der Waals surface area contributed by atoms with Crippen molar-refractivity contribution in [3.05, 3.63) is 48.3 Å². The van der Waals surface area contributed by atoms with Crippen LogP contribution in [-0.2, 0) is 14.0 Å². The Hall–Kier alpha value is -1.62. The van der Waals surface area contributed by atoms with Gasteiger partial charge in [0.1, 0.15) is 5.60 Å². The molecule has 5 heteroatoms. The van der Waals surface area contributed by atoms with Crippen LogP contribution < -0.4 is 0 Å². The summed E-state index contributed by atoms with van der Waals surface area (Å²) in [6, 6.07) is 1.01. The smallest absolute Gasteiger partial charge is 0.301 e. The molecule has 1 atom stereocenters. The first-order valence-electron chi connectivity index (χ1n) is 12.8. The third-order valence-electron chi connectivity index (χ3n) is 7.23. The number of rotatable bonds is 9. The van der Waals surface area contributed by atoms with E-state index in [9.17, 15) is 4.79 Å². The fraction of sp³-hybridized carbons (Fsp3) is 0.633. The zero-order valence-electron chi connectivity index (χ0n) is 24.6. The summed E-state index contributed by atoms with van der Waals surface area (Å²) >= 11 is 0. The quantitative estimate of drug-likeness (QED) is 0.134. The van der Waals surface area contributed by atoms with Crippen molar-refractivity contribution in [2.45, 2.75) is 111 Å². The molecule has 1 aliphatic carbocycles. The average molecular weight is 515 g/mol. The standard InChI is InChI=1S/C30H50O3Si2/c1-24(19-22-32-26(3)31)16-17-27-15-14-20-30(29(27,7)8,33-35(12,13)28(4,5)6)21-18-25(2)23-34(9,10)11/h15-17,19H,2,14,20,22-23H2,1,3-13H3/q-2/b24-16+. The van der Waals surface area contributed by atoms with Crippen molar-refractivity contribution in [1.29, 1.82) is 0 Å². The van der Waals surface area contributed by atoms with Gasteiger partial charge in [-0.05, 0) is 36.2 Å². The van der Waals surface area contributed by atoms with E-state index in [1.807, 2.05) is 13.3 Å². The number of allylic oxidation sites excluding steroid dienone is 3. The molecule has 0 aromatic carbocycles. The second-order valence-corrected chi connectivity index (χ2v) is 23.4. The maximum absolute atomic E-state index is 11.1. The Balaban J connectivity index is 3.36. The molecule has 0 radical (unpaired) electrons. The van der Waals surface area contributed by atoms with Crippen molar-refractivity contribution in [3.8, 4) is 11.8 Å². The van der Waals surface area contributed by atoms with Crippen molar-refractivity contribution in [1.82, 2.24) is 0 Å². The van der Waals surface area contributed by atoms with Crippen LogP contribution in [0.15, 0.2) is 35.5 Å². The van der Waals surface area contributed by atoms with Crippen LogP contribution in [0.3, 0.4) is 0 Å². The lowest BCUT2D eigenvalue weighted by molar-refractivity contribution is -0.140. The zero-order valence-corrected chi connectivity index (χ0v) is 26.6. The Morgan fingerprint density at radius 3 is 2.31 bits per heavy atom. The van der Waals surface area contributed by atoms with Gasteiger partial charge in [-0.2, -0.15) is 11.6 Å². The van der Waals surface area contributed by atoms with E-state index in [4.69, 9.17) is 9.16 Å². The van der Waals surface area contributed by atoms with Crippen molar-refractivity contribution in [2.24, 2.45) is 5.41 Å². The molecule has 0 aromatic heterocycles. The molecule has 0 aromatic rings. The molecule has 1 aliphatic rings. The van der Waals surface area contributed by atoms with Gasteiger partial charge >= 0.3 is 5.97 Å². The van der Waals surface area contributed by atoms with Gasteiger partial charge < -0.3 is 20.8 Å². The molecule has 0 saturated carbocycles. The van der Waals surface area contributed by atoms with Crippen LogP contribution in [0.5, 0.6) is 0 Å². The summed E-state index contributed by atoms with van der Waals surface area (Å²) < 4.78 is 12.3. The monoisotopic (exact) mass is 514 g/mol. The van der Waals surface area contributed by atoms with E-state index in [2.05, 4.69) is 104 Å². The van der Waals surface area contributed by atoms with Gasteiger partial charge in [0.2, 0.25) is 0 Å². The first kappa shape index (κ1) is 31.4. The van der Waals surface area contributed by atoms with Gasteiger partial charge in [-0.15, -0.1) is 6.92 Å². The van der Waals surface area contributed by atoms with Crippen molar-refractivity contribution in [2.75, 3.05) is 6.61 Å². The molecule has 0 heterocycles. The topological polar surface area (TPSA) is 35.5 Å². The fourth-order valence-electron chi connectivity index (χ4n) is 3.97. The van der Waals surface area contributed by atoms with Crippen LogP contribution >= 0.6 is 0 Å². The summed E-state index contributed by atoms with van der Waals surface area (Å²) in [5, 5.41) is 0.0836. The Morgan fingerprint density at radius 2 is 1.80 bits per heavy atom. The fourth-order valence-corrected chi connectivity index (χ4v) is 6.93. The lowest BCUT2D eigenvalue weighted by Gasteiger charge is -2.55. The first-order chi connectivity index (χ1) is 15.7. The minimum Gasteiger partial charge on any atom is -0.481 e. The molecular weight excluding hydrogens is 464 g/mol. The summed E-state index contributed by atoms with van der Waals surface area (Å²) in [6.45, 7) is 31.2. The van der Waals surface area contributed by atoms with Crippen LogP contribution in [0.1, 0.15) is 61.3 Å². The van der Waals surface area contributed by atoms with Crippen molar-refractivity contribution < 1.29 is 14.0 Å². The lowest BCUT2D eigenvalue weighted by atomic mass is 9.63. The number of carbonyl (C=O) groups excluding carboxylic acids is 1. The molecule has 3 nitrogen and oxygen atoms in total. The van der Waals surface area contributed by atoms with E-state index < -0.39 is 22.0 Å². The van der Waals surface area contributed by atoms with Gasteiger partial charge in [0.05, 0.1) is 0 Å². The highest BCUT2D eigenvalue weighted by Crippen LogP contribution is 2.52. The van der Waals surface area contributed by atoms with Gasteiger partial charge in [0.25, 0.3) is 0 Å². The molecule has 198 valence electrons. The van der Waals surface area contributed by atoms with Crippen LogP contribution in [0.2, 0.25) is 43.8 Å². The highest BCUT2D eigenvalue weighted by atomic mass is 28.4. The number of hydrogen-bond donors (Lipinski definition) is 0. The predicted octanol–water partition coefficient (Wildman–Crippen LogP) is 8.31. The molecule has 1 rings (SSSR count). The highest BCUT2D eigenvalue weighted by Gasteiger charge is 2.52. The van der Waals surface area contributed by atoms with Gasteiger partial charge in [-0.3, -0.25) is 4.79 Å². The minimum absolute atomic E-state index is 0.0836. The van der Waals surface area contributed by atoms with Gasteiger partial charge in [-0.25, -0.2) is 12.8 Å². The number of carbonyl (C=O) groups is 1. The first-order valence-corrected chi connectivity index (χ1v) is 19.4. The SMILES string of the molecule is C=C(C#CC1(O[Si](C)(C)C(C)(C)C)CCC=C([CH-]/C=C(\C)[CH-]COC(C)=O)C1(C)C)C[Si](C)(C)C. The van der Waals surface area contributed by atoms with E-state index in [1.165, 1.54) is 12.5 Å². The van der Waals surface area contributed by atoms with Crippen LogP contribution in [0, 0.1) is 30.1 Å². The summed E-state index contributed by atoms with van der Waals surface area (Å²) in [7, 11) is -3.40. The third kappa shape index (κ3) is 9.08. The van der Waals surface area contributed by atoms with E-state index >= 15 is 0 Å². The molecular formula is C30H50O3Si2-2. The van der Waals surface area contributed by atoms with Gasteiger partial charge in [-0.1, -0.05) is 79.1 Å². The maximum atomic E-state index is 11.1. The minimum atomic E-state index is -2.11. The Kier molecular flexibility index (Phi) is 10.4. The second-order valence-electron chi connectivity index (χ2n) is 13.2. The van der Waals surface area contributed by atoms with E-state index in [0.29, 0.717) is 0 Å². The molecule has 0 saturated heterocycles. The number of ether oxygens (including phenoxy) is 1. The molecule has 0 amide bonds. The van der Waals surface area contributed by atoms with Crippen LogP contribution in [0.4, 0.5) is 0 Å². The summed E-state index contributed by atoms with van der Waals surface area (Å²) in [4.78, 5) is 11.1. The van der Waals surface area contributed by atoms with Gasteiger partial charge in [0, 0.05) is 27.0 Å².